The molecule has 35 heavy (non-hydrogen) atoms. The van der Waals surface area contributed by atoms with Crippen LogP contribution in [0.5, 0.6) is 0 Å². The van der Waals surface area contributed by atoms with Crippen LogP contribution in [-0.2, 0) is 0 Å². The Balaban J connectivity index is 1.35. The number of hydrogen-bond acceptors (Lipinski definition) is 5. The van der Waals surface area contributed by atoms with Crippen LogP contribution in [0.3, 0.4) is 0 Å². The number of hydrogen-bond donors (Lipinski definition) is 4. The lowest BCUT2D eigenvalue weighted by molar-refractivity contribution is 0.101. The van der Waals surface area contributed by atoms with Gasteiger partial charge in [0.25, 0.3) is 11.8 Å². The molecular formula is C25H16FN7O2. The highest BCUT2D eigenvalue weighted by Crippen LogP contribution is 2.20. The first-order valence-electron chi connectivity index (χ1n) is 10.4. The minimum Gasteiger partial charge on any atom is -0.331 e. The number of aromatic amines is 2. The van der Waals surface area contributed by atoms with Crippen molar-refractivity contribution in [2.75, 3.05) is 10.6 Å². The van der Waals surface area contributed by atoms with E-state index in [1.807, 2.05) is 0 Å². The summed E-state index contributed by atoms with van der Waals surface area (Å²) in [4.78, 5) is 43.7. The fraction of sp³-hybridized carbons (Fsp3) is 0. The molecule has 4 N–H and O–H groups in total. The van der Waals surface area contributed by atoms with Crippen LogP contribution in [0.4, 0.5) is 16.3 Å². The zero-order valence-electron chi connectivity index (χ0n) is 18.0. The van der Waals surface area contributed by atoms with E-state index in [0.29, 0.717) is 28.2 Å². The number of rotatable bonds is 4. The van der Waals surface area contributed by atoms with E-state index < -0.39 is 17.6 Å². The van der Waals surface area contributed by atoms with Crippen molar-refractivity contribution in [1.82, 2.24) is 24.9 Å². The second-order valence-corrected chi connectivity index (χ2v) is 7.27. The molecule has 3 heterocycles. The standard InChI is InChI=1S/C25H16FN7O2/c26-18-8-2-1-5-15(18)11-12-16-6-3-10-20(29-16)23(35)33-25-30-19-9-4-7-17(21(19)31-25)22(34)32-24-27-13-14-28-24/h1-10,13-14H,(H2,27,28,32,34)(H2,30,31,33,35). The molecule has 0 bridgehead atoms. The largest absolute Gasteiger partial charge is 0.331 e. The van der Waals surface area contributed by atoms with Crippen molar-refractivity contribution in [1.29, 1.82) is 0 Å². The molecule has 0 aliphatic rings. The number of nitrogens with one attached hydrogen (secondary N) is 4. The highest BCUT2D eigenvalue weighted by molar-refractivity contribution is 6.11. The van der Waals surface area contributed by atoms with Gasteiger partial charge in [0.05, 0.1) is 16.6 Å². The molecule has 9 nitrogen and oxygen atoms in total. The number of amides is 2. The first-order valence-corrected chi connectivity index (χ1v) is 10.4. The number of imidazole rings is 2. The summed E-state index contributed by atoms with van der Waals surface area (Å²) >= 11 is 0. The molecule has 5 aromatic rings. The molecule has 0 saturated heterocycles. The van der Waals surface area contributed by atoms with Gasteiger partial charge in [-0.15, -0.1) is 0 Å². The Labute approximate surface area is 197 Å². The number of benzene rings is 2. The van der Waals surface area contributed by atoms with Crippen molar-refractivity contribution < 1.29 is 14.0 Å². The maximum atomic E-state index is 13.8. The number of fused-ring (bicyclic) bond motifs is 1. The van der Waals surface area contributed by atoms with Gasteiger partial charge in [-0.05, 0) is 42.3 Å². The number of halogens is 1. The molecule has 0 saturated carbocycles. The first-order chi connectivity index (χ1) is 17.1. The molecule has 0 aliphatic heterocycles. The van der Waals surface area contributed by atoms with Crippen molar-refractivity contribution in [2.24, 2.45) is 0 Å². The van der Waals surface area contributed by atoms with Gasteiger partial charge in [0, 0.05) is 12.4 Å². The van der Waals surface area contributed by atoms with Crippen molar-refractivity contribution >= 4 is 34.7 Å². The molecular weight excluding hydrogens is 449 g/mol. The third-order valence-electron chi connectivity index (χ3n) is 4.90. The molecule has 170 valence electrons. The zero-order chi connectivity index (χ0) is 24.2. The van der Waals surface area contributed by atoms with Crippen LogP contribution in [-0.4, -0.2) is 36.7 Å². The van der Waals surface area contributed by atoms with Crippen molar-refractivity contribution in [2.45, 2.75) is 0 Å². The van der Waals surface area contributed by atoms with E-state index in [9.17, 15) is 14.0 Å². The van der Waals surface area contributed by atoms with Crippen LogP contribution >= 0.6 is 0 Å². The summed E-state index contributed by atoms with van der Waals surface area (Å²) in [6, 6.07) is 16.0. The molecule has 10 heteroatoms. The highest BCUT2D eigenvalue weighted by Gasteiger charge is 2.16. The number of para-hydroxylation sites is 1. The summed E-state index contributed by atoms with van der Waals surface area (Å²) in [7, 11) is 0. The molecule has 0 spiro atoms. The molecule has 2 aromatic carbocycles. The third kappa shape index (κ3) is 4.74. The zero-order valence-corrected chi connectivity index (χ0v) is 18.0. The number of aromatic nitrogens is 5. The van der Waals surface area contributed by atoms with Crippen molar-refractivity contribution in [3.8, 4) is 11.8 Å². The van der Waals surface area contributed by atoms with Crippen LogP contribution in [0.2, 0.25) is 0 Å². The lowest BCUT2D eigenvalue weighted by atomic mass is 10.2. The third-order valence-corrected chi connectivity index (χ3v) is 4.90. The van der Waals surface area contributed by atoms with Crippen LogP contribution in [0.1, 0.15) is 32.1 Å². The summed E-state index contributed by atoms with van der Waals surface area (Å²) < 4.78 is 13.8. The summed E-state index contributed by atoms with van der Waals surface area (Å²) in [6.07, 6.45) is 3.11. The van der Waals surface area contributed by atoms with Gasteiger partial charge in [-0.2, -0.15) is 0 Å². The molecule has 3 aromatic heterocycles. The maximum absolute atomic E-state index is 13.8. The number of nitrogens with zero attached hydrogens (tertiary/aromatic N) is 3. The predicted molar refractivity (Wildman–Crippen MR) is 127 cm³/mol. The lowest BCUT2D eigenvalue weighted by Crippen LogP contribution is -2.15. The highest BCUT2D eigenvalue weighted by atomic mass is 19.1. The van der Waals surface area contributed by atoms with E-state index in [2.05, 4.69) is 47.4 Å². The topological polar surface area (TPSA) is 128 Å². The van der Waals surface area contributed by atoms with Crippen LogP contribution in [0.25, 0.3) is 11.0 Å². The second-order valence-electron chi connectivity index (χ2n) is 7.27. The van der Waals surface area contributed by atoms with Crippen LogP contribution < -0.4 is 10.6 Å². The van der Waals surface area contributed by atoms with E-state index >= 15 is 0 Å². The van der Waals surface area contributed by atoms with E-state index in [4.69, 9.17) is 0 Å². The SMILES string of the molecule is O=C(Nc1nc2c(C(=O)Nc3ncc[nH]3)cccc2[nH]1)c1cccc(C#Cc2ccccc2F)n1. The van der Waals surface area contributed by atoms with Crippen LogP contribution in [0.15, 0.2) is 73.1 Å². The molecule has 2 amide bonds. The van der Waals surface area contributed by atoms with Gasteiger partial charge in [-0.25, -0.2) is 19.3 Å². The Hall–Kier alpha value is -5.30. The van der Waals surface area contributed by atoms with E-state index in [1.54, 1.807) is 54.7 Å². The number of H-pyrrole nitrogens is 2. The van der Waals surface area contributed by atoms with E-state index in [0.717, 1.165) is 0 Å². The monoisotopic (exact) mass is 465 g/mol. The fourth-order valence-electron chi connectivity index (χ4n) is 3.28. The van der Waals surface area contributed by atoms with Gasteiger partial charge in [0.1, 0.15) is 22.7 Å². The summed E-state index contributed by atoms with van der Waals surface area (Å²) in [5.74, 6) is 4.56. The summed E-state index contributed by atoms with van der Waals surface area (Å²) in [6.45, 7) is 0. The quantitative estimate of drug-likeness (QED) is 0.301. The van der Waals surface area contributed by atoms with Gasteiger partial charge in [-0.3, -0.25) is 20.2 Å². The number of anilines is 2. The lowest BCUT2D eigenvalue weighted by Gasteiger charge is -2.02. The fourth-order valence-corrected chi connectivity index (χ4v) is 3.28. The summed E-state index contributed by atoms with van der Waals surface area (Å²) in [5, 5.41) is 5.29. The predicted octanol–water partition coefficient (Wildman–Crippen LogP) is 3.72. The molecule has 5 rings (SSSR count). The average Bonchev–Trinajstić information content (AvgIpc) is 3.53. The molecule has 0 atom stereocenters. The normalized spacial score (nSPS) is 10.4. The maximum Gasteiger partial charge on any atom is 0.276 e. The van der Waals surface area contributed by atoms with Gasteiger partial charge in [0.15, 0.2) is 0 Å². The Morgan fingerprint density at radius 1 is 0.857 bits per heavy atom. The average molecular weight is 465 g/mol. The van der Waals surface area contributed by atoms with Gasteiger partial charge >= 0.3 is 0 Å². The number of pyridine rings is 1. The molecule has 0 fully saturated rings. The Morgan fingerprint density at radius 3 is 2.51 bits per heavy atom. The van der Waals surface area contributed by atoms with Gasteiger partial charge in [0.2, 0.25) is 11.9 Å². The minimum atomic E-state index is -0.528. The summed E-state index contributed by atoms with van der Waals surface area (Å²) in [5.41, 5.74) is 1.88. The number of carbonyl (C=O) groups is 2. The Kier molecular flexibility index (Phi) is 5.71. The second kappa shape index (κ2) is 9.29. The first kappa shape index (κ1) is 21.5. The van der Waals surface area contributed by atoms with Crippen LogP contribution in [0, 0.1) is 17.7 Å². The van der Waals surface area contributed by atoms with E-state index in [1.165, 1.54) is 18.3 Å². The van der Waals surface area contributed by atoms with Crippen molar-refractivity contribution in [3.63, 3.8) is 0 Å². The molecule has 0 unspecified atom stereocenters. The molecule has 0 aliphatic carbocycles. The van der Waals surface area contributed by atoms with Crippen molar-refractivity contribution in [3.05, 3.63) is 101 Å². The van der Waals surface area contributed by atoms with Gasteiger partial charge < -0.3 is 9.97 Å². The number of carbonyl (C=O) groups excluding carboxylic acids is 2. The van der Waals surface area contributed by atoms with Gasteiger partial charge in [-0.1, -0.05) is 30.2 Å². The smallest absolute Gasteiger partial charge is 0.276 e. The van der Waals surface area contributed by atoms with E-state index in [-0.39, 0.29) is 17.2 Å². The molecule has 0 radical (unpaired) electrons. The minimum absolute atomic E-state index is 0.0987. The Bertz CT molecular complexity index is 1610. The Morgan fingerprint density at radius 2 is 1.69 bits per heavy atom.